The minimum Gasteiger partial charge on any atom is -0.299 e. The molecule has 0 unspecified atom stereocenters. The molecular weight excluding hydrogens is 226 g/mol. The summed E-state index contributed by atoms with van der Waals surface area (Å²) in [4.78, 5) is 2.67. The van der Waals surface area contributed by atoms with Crippen LogP contribution in [-0.2, 0) is 0 Å². The summed E-state index contributed by atoms with van der Waals surface area (Å²) in [5.41, 5.74) is 0. The molecule has 1 rings (SSSR count). The number of rotatable bonds is 7. The van der Waals surface area contributed by atoms with Gasteiger partial charge < -0.3 is 0 Å². The minimum atomic E-state index is 0.916. The van der Waals surface area contributed by atoms with Gasteiger partial charge in [-0.1, -0.05) is 42.6 Å². The van der Waals surface area contributed by atoms with Crippen LogP contribution in [0, 0.1) is 5.92 Å². The number of nitrogens with zero attached hydrogens (tertiary/aromatic N) is 1. The lowest BCUT2D eigenvalue weighted by atomic mass is 10.0. The molecule has 1 aliphatic carbocycles. The average molecular weight is 248 g/mol. The van der Waals surface area contributed by atoms with E-state index >= 15 is 0 Å². The maximum atomic E-state index is 3.54. The van der Waals surface area contributed by atoms with Gasteiger partial charge in [-0.15, -0.1) is 0 Å². The molecule has 0 aromatic heterocycles. The van der Waals surface area contributed by atoms with Crippen molar-refractivity contribution in [3.63, 3.8) is 0 Å². The van der Waals surface area contributed by atoms with Crippen LogP contribution in [-0.4, -0.2) is 29.4 Å². The zero-order valence-electron chi connectivity index (χ0n) is 8.93. The van der Waals surface area contributed by atoms with Crippen molar-refractivity contribution >= 4 is 15.9 Å². The molecule has 0 atom stereocenters. The SMILES string of the molecule is CCC(CC)CN(CCBr)C1CC1. The van der Waals surface area contributed by atoms with Gasteiger partial charge in [-0.05, 0) is 18.8 Å². The number of hydrogen-bond donors (Lipinski definition) is 0. The first-order valence-corrected chi connectivity index (χ1v) is 6.73. The lowest BCUT2D eigenvalue weighted by molar-refractivity contribution is 0.227. The monoisotopic (exact) mass is 247 g/mol. The summed E-state index contributed by atoms with van der Waals surface area (Å²) in [6.45, 7) is 7.19. The van der Waals surface area contributed by atoms with E-state index < -0.39 is 0 Å². The van der Waals surface area contributed by atoms with Gasteiger partial charge in [0.05, 0.1) is 0 Å². The number of alkyl halides is 1. The van der Waals surface area contributed by atoms with Crippen LogP contribution in [0.2, 0.25) is 0 Å². The first kappa shape index (κ1) is 11.5. The van der Waals surface area contributed by atoms with Crippen LogP contribution in [0.5, 0.6) is 0 Å². The topological polar surface area (TPSA) is 3.24 Å². The highest BCUT2D eigenvalue weighted by molar-refractivity contribution is 9.09. The van der Waals surface area contributed by atoms with Crippen LogP contribution in [0.3, 0.4) is 0 Å². The molecule has 0 heterocycles. The Morgan fingerprint density at radius 2 is 1.92 bits per heavy atom. The van der Waals surface area contributed by atoms with Crippen molar-refractivity contribution < 1.29 is 0 Å². The number of hydrogen-bond acceptors (Lipinski definition) is 1. The van der Waals surface area contributed by atoms with Crippen LogP contribution in [0.4, 0.5) is 0 Å². The third-order valence-electron chi connectivity index (χ3n) is 3.08. The van der Waals surface area contributed by atoms with Crippen molar-refractivity contribution in [2.75, 3.05) is 18.4 Å². The van der Waals surface area contributed by atoms with E-state index in [-0.39, 0.29) is 0 Å². The summed E-state index contributed by atoms with van der Waals surface area (Å²) < 4.78 is 0. The summed E-state index contributed by atoms with van der Waals surface area (Å²) >= 11 is 3.54. The fourth-order valence-corrected chi connectivity index (χ4v) is 2.31. The van der Waals surface area contributed by atoms with E-state index in [4.69, 9.17) is 0 Å². The lowest BCUT2D eigenvalue weighted by Crippen LogP contribution is -2.32. The van der Waals surface area contributed by atoms with E-state index in [0.717, 1.165) is 17.3 Å². The molecule has 0 N–H and O–H groups in total. The summed E-state index contributed by atoms with van der Waals surface area (Å²) in [5, 5.41) is 1.13. The van der Waals surface area contributed by atoms with E-state index in [1.807, 2.05) is 0 Å². The molecule has 0 aromatic rings. The van der Waals surface area contributed by atoms with Gasteiger partial charge in [-0.25, -0.2) is 0 Å². The van der Waals surface area contributed by atoms with Crippen molar-refractivity contribution in [1.29, 1.82) is 0 Å². The molecule has 0 spiro atoms. The summed E-state index contributed by atoms with van der Waals surface area (Å²) in [6, 6.07) is 0.929. The first-order chi connectivity index (χ1) is 6.31. The molecule has 1 aliphatic rings. The molecule has 0 aliphatic heterocycles. The van der Waals surface area contributed by atoms with Gasteiger partial charge >= 0.3 is 0 Å². The zero-order chi connectivity index (χ0) is 9.68. The minimum absolute atomic E-state index is 0.916. The highest BCUT2D eigenvalue weighted by Crippen LogP contribution is 2.28. The van der Waals surface area contributed by atoms with Crippen molar-refractivity contribution in [1.82, 2.24) is 4.90 Å². The maximum absolute atomic E-state index is 3.54. The molecule has 0 bridgehead atoms. The van der Waals surface area contributed by atoms with Gasteiger partial charge in [0.15, 0.2) is 0 Å². The highest BCUT2D eigenvalue weighted by Gasteiger charge is 2.29. The fraction of sp³-hybridized carbons (Fsp3) is 1.00. The Hall–Kier alpha value is 0.440. The van der Waals surface area contributed by atoms with E-state index in [1.165, 1.54) is 38.8 Å². The second-order valence-electron chi connectivity index (χ2n) is 4.10. The Labute approximate surface area is 91.0 Å². The fourth-order valence-electron chi connectivity index (χ4n) is 1.85. The van der Waals surface area contributed by atoms with E-state index in [9.17, 15) is 0 Å². The molecule has 78 valence electrons. The Morgan fingerprint density at radius 1 is 1.31 bits per heavy atom. The van der Waals surface area contributed by atoms with E-state index in [0.29, 0.717) is 0 Å². The normalized spacial score (nSPS) is 17.3. The van der Waals surface area contributed by atoms with Gasteiger partial charge in [-0.3, -0.25) is 4.90 Å². The quantitative estimate of drug-likeness (QED) is 0.625. The zero-order valence-corrected chi connectivity index (χ0v) is 10.5. The van der Waals surface area contributed by atoms with Crippen molar-refractivity contribution in [3.8, 4) is 0 Å². The average Bonchev–Trinajstić information content (AvgIpc) is 2.95. The van der Waals surface area contributed by atoms with E-state index in [1.54, 1.807) is 0 Å². The van der Waals surface area contributed by atoms with Crippen molar-refractivity contribution in [2.45, 2.75) is 45.6 Å². The third kappa shape index (κ3) is 3.99. The Balaban J connectivity index is 2.27. The smallest absolute Gasteiger partial charge is 0.0159 e. The van der Waals surface area contributed by atoms with Gasteiger partial charge in [0.1, 0.15) is 0 Å². The predicted molar refractivity (Wildman–Crippen MR) is 62.5 cm³/mol. The van der Waals surface area contributed by atoms with Crippen LogP contribution in [0.25, 0.3) is 0 Å². The molecule has 1 saturated carbocycles. The summed E-state index contributed by atoms with van der Waals surface area (Å²) in [6.07, 6.45) is 5.55. The second kappa shape index (κ2) is 6.02. The Morgan fingerprint density at radius 3 is 2.31 bits per heavy atom. The molecular formula is C11H22BrN. The van der Waals surface area contributed by atoms with Gasteiger partial charge in [-0.2, -0.15) is 0 Å². The summed E-state index contributed by atoms with van der Waals surface area (Å²) in [7, 11) is 0. The van der Waals surface area contributed by atoms with Crippen molar-refractivity contribution in [3.05, 3.63) is 0 Å². The van der Waals surface area contributed by atoms with Gasteiger partial charge in [0.2, 0.25) is 0 Å². The molecule has 2 heteroatoms. The molecule has 0 amide bonds. The summed E-state index contributed by atoms with van der Waals surface area (Å²) in [5.74, 6) is 0.916. The maximum Gasteiger partial charge on any atom is 0.0159 e. The second-order valence-corrected chi connectivity index (χ2v) is 4.89. The van der Waals surface area contributed by atoms with E-state index in [2.05, 4.69) is 34.7 Å². The molecule has 0 saturated heterocycles. The van der Waals surface area contributed by atoms with Crippen molar-refractivity contribution in [2.24, 2.45) is 5.92 Å². The van der Waals surface area contributed by atoms with Gasteiger partial charge in [0.25, 0.3) is 0 Å². The van der Waals surface area contributed by atoms with Crippen LogP contribution >= 0.6 is 15.9 Å². The molecule has 1 nitrogen and oxygen atoms in total. The predicted octanol–water partition coefficient (Wildman–Crippen LogP) is 3.28. The third-order valence-corrected chi connectivity index (χ3v) is 3.44. The standard InChI is InChI=1S/C11H22BrN/c1-3-10(4-2)9-13(8-7-12)11-5-6-11/h10-11H,3-9H2,1-2H3. The number of halogens is 1. The lowest BCUT2D eigenvalue weighted by Gasteiger charge is -2.25. The van der Waals surface area contributed by atoms with Gasteiger partial charge in [0, 0.05) is 24.5 Å². The molecule has 13 heavy (non-hydrogen) atoms. The first-order valence-electron chi connectivity index (χ1n) is 5.61. The Kier molecular flexibility index (Phi) is 5.34. The highest BCUT2D eigenvalue weighted by atomic mass is 79.9. The molecule has 0 aromatic carbocycles. The van der Waals surface area contributed by atoms with Crippen LogP contribution in [0.1, 0.15) is 39.5 Å². The van der Waals surface area contributed by atoms with Crippen LogP contribution < -0.4 is 0 Å². The largest absolute Gasteiger partial charge is 0.299 e. The van der Waals surface area contributed by atoms with Crippen LogP contribution in [0.15, 0.2) is 0 Å². The Bertz CT molecular complexity index is 130. The molecule has 0 radical (unpaired) electrons. The molecule has 1 fully saturated rings.